The summed E-state index contributed by atoms with van der Waals surface area (Å²) in [7, 11) is -3.09. The second kappa shape index (κ2) is 5.68. The van der Waals surface area contributed by atoms with Crippen molar-refractivity contribution in [1.82, 2.24) is 4.57 Å². The highest BCUT2D eigenvalue weighted by atomic mass is 32.2. The second-order valence-corrected chi connectivity index (χ2v) is 9.05. The smallest absolute Gasteiger partial charge is 0.253 e. The van der Waals surface area contributed by atoms with Crippen molar-refractivity contribution >= 4 is 33.4 Å². The third-order valence-corrected chi connectivity index (χ3v) is 6.73. The lowest BCUT2D eigenvalue weighted by Gasteiger charge is -2.12. The molecule has 0 saturated carbocycles. The Balaban J connectivity index is 2.04. The van der Waals surface area contributed by atoms with Crippen LogP contribution < -0.4 is 5.56 Å². The highest BCUT2D eigenvalue weighted by Gasteiger charge is 2.30. The summed E-state index contributed by atoms with van der Waals surface area (Å²) in [6, 6.07) is 6.85. The van der Waals surface area contributed by atoms with Crippen LogP contribution >= 0.6 is 23.6 Å². The number of sulfone groups is 1. The highest BCUT2D eigenvalue weighted by molar-refractivity contribution is 7.91. The Morgan fingerprint density at radius 3 is 2.50 bits per heavy atom. The Bertz CT molecular complexity index is 898. The molecule has 116 valence electrons. The summed E-state index contributed by atoms with van der Waals surface area (Å²) >= 11 is 6.50. The quantitative estimate of drug-likeness (QED) is 0.776. The zero-order chi connectivity index (χ0) is 15.9. The molecule has 0 aliphatic carbocycles. The molecule has 1 atom stereocenters. The maximum atomic E-state index is 13.0. The molecule has 22 heavy (non-hydrogen) atoms. The summed E-state index contributed by atoms with van der Waals surface area (Å²) in [4.78, 5) is 13.0. The number of hydrogen-bond acceptors (Lipinski definition) is 5. The van der Waals surface area contributed by atoms with Gasteiger partial charge in [-0.2, -0.15) is 0 Å². The molecule has 0 spiro atoms. The van der Waals surface area contributed by atoms with Gasteiger partial charge in [-0.3, -0.25) is 9.36 Å². The molecular formula is C14H12FNO3S3. The topological polar surface area (TPSA) is 56.1 Å². The molecular weight excluding hydrogens is 345 g/mol. The van der Waals surface area contributed by atoms with Crippen LogP contribution in [0.4, 0.5) is 4.39 Å². The fraction of sp³-hybridized carbons (Fsp3) is 0.286. The molecule has 8 heteroatoms. The maximum Gasteiger partial charge on any atom is 0.253 e. The third kappa shape index (κ3) is 3.04. The van der Waals surface area contributed by atoms with Gasteiger partial charge in [0.15, 0.2) is 13.8 Å². The van der Waals surface area contributed by atoms with E-state index >= 15 is 0 Å². The average molecular weight is 357 g/mol. The summed E-state index contributed by atoms with van der Waals surface area (Å²) in [6.45, 7) is 0. The van der Waals surface area contributed by atoms with Gasteiger partial charge in [0.2, 0.25) is 0 Å². The van der Waals surface area contributed by atoms with Crippen molar-refractivity contribution in [2.45, 2.75) is 12.5 Å². The number of halogens is 1. The van der Waals surface area contributed by atoms with E-state index in [0.29, 0.717) is 20.8 Å². The lowest BCUT2D eigenvalue weighted by Crippen LogP contribution is -2.25. The van der Waals surface area contributed by atoms with Gasteiger partial charge < -0.3 is 0 Å². The van der Waals surface area contributed by atoms with Gasteiger partial charge >= 0.3 is 0 Å². The van der Waals surface area contributed by atoms with Gasteiger partial charge in [0.1, 0.15) is 5.82 Å². The van der Waals surface area contributed by atoms with Crippen LogP contribution in [0.2, 0.25) is 0 Å². The van der Waals surface area contributed by atoms with Crippen molar-refractivity contribution in [1.29, 1.82) is 0 Å². The van der Waals surface area contributed by atoms with Crippen molar-refractivity contribution < 1.29 is 12.8 Å². The van der Waals surface area contributed by atoms with Crippen LogP contribution in [0.5, 0.6) is 0 Å². The summed E-state index contributed by atoms with van der Waals surface area (Å²) in [6.07, 6.45) is 0.411. The zero-order valence-electron chi connectivity index (χ0n) is 11.4. The molecule has 1 aliphatic heterocycles. The van der Waals surface area contributed by atoms with E-state index in [0.717, 1.165) is 0 Å². The van der Waals surface area contributed by atoms with Crippen LogP contribution in [-0.2, 0) is 9.84 Å². The molecule has 1 aromatic carbocycles. The standard InChI is InChI=1S/C14H12FNO3S3/c15-10-3-1-9(2-4-10)12-7-13(17)16(14(20)21-12)11-5-6-22(18,19)8-11/h1-4,7,11H,5-6,8H2. The fourth-order valence-corrected chi connectivity index (χ4v) is 5.66. The van der Waals surface area contributed by atoms with E-state index in [1.165, 1.54) is 34.1 Å². The van der Waals surface area contributed by atoms with Gasteiger partial charge in [-0.1, -0.05) is 12.1 Å². The van der Waals surface area contributed by atoms with Gasteiger partial charge in [-0.05, 0) is 36.3 Å². The van der Waals surface area contributed by atoms with Gasteiger partial charge in [0, 0.05) is 10.9 Å². The molecule has 1 saturated heterocycles. The third-order valence-electron chi connectivity index (χ3n) is 3.59. The van der Waals surface area contributed by atoms with Crippen molar-refractivity contribution in [2.24, 2.45) is 0 Å². The van der Waals surface area contributed by atoms with E-state index < -0.39 is 9.84 Å². The first kappa shape index (κ1) is 15.5. The monoisotopic (exact) mass is 357 g/mol. The van der Waals surface area contributed by atoms with Crippen LogP contribution in [-0.4, -0.2) is 24.5 Å². The van der Waals surface area contributed by atoms with E-state index in [4.69, 9.17) is 12.2 Å². The first-order valence-corrected chi connectivity index (χ1v) is 9.63. The van der Waals surface area contributed by atoms with Crippen LogP contribution in [0.25, 0.3) is 10.4 Å². The molecule has 4 nitrogen and oxygen atoms in total. The van der Waals surface area contributed by atoms with Crippen molar-refractivity contribution in [2.75, 3.05) is 11.5 Å². The molecule has 0 bridgehead atoms. The second-order valence-electron chi connectivity index (χ2n) is 5.15. The van der Waals surface area contributed by atoms with Gasteiger partial charge in [0.25, 0.3) is 5.56 Å². The molecule has 2 heterocycles. The molecule has 0 radical (unpaired) electrons. The van der Waals surface area contributed by atoms with Crippen molar-refractivity contribution in [3.8, 4) is 10.4 Å². The van der Waals surface area contributed by atoms with Crippen LogP contribution in [0.15, 0.2) is 35.1 Å². The predicted molar refractivity (Wildman–Crippen MR) is 87.1 cm³/mol. The van der Waals surface area contributed by atoms with E-state index in [1.54, 1.807) is 12.1 Å². The lowest BCUT2D eigenvalue weighted by molar-refractivity contribution is 0.538. The predicted octanol–water partition coefficient (Wildman–Crippen LogP) is 2.80. The highest BCUT2D eigenvalue weighted by Crippen LogP contribution is 2.27. The van der Waals surface area contributed by atoms with Crippen LogP contribution in [0.3, 0.4) is 0 Å². The summed E-state index contributed by atoms with van der Waals surface area (Å²) < 4.78 is 37.8. The van der Waals surface area contributed by atoms with Gasteiger partial charge in [-0.25, -0.2) is 12.8 Å². The normalized spacial score (nSPS) is 20.1. The molecule has 1 unspecified atom stereocenters. The summed E-state index contributed by atoms with van der Waals surface area (Å²) in [5.74, 6) is -0.306. The van der Waals surface area contributed by atoms with Gasteiger partial charge in [-0.15, -0.1) is 11.3 Å². The Morgan fingerprint density at radius 2 is 1.95 bits per heavy atom. The number of nitrogens with zero attached hydrogens (tertiary/aromatic N) is 1. The molecule has 0 amide bonds. The van der Waals surface area contributed by atoms with Crippen molar-refractivity contribution in [3.05, 3.63) is 50.5 Å². The minimum atomic E-state index is -3.09. The van der Waals surface area contributed by atoms with E-state index in [-0.39, 0.29) is 28.9 Å². The largest absolute Gasteiger partial charge is 0.287 e. The molecule has 0 N–H and O–H groups in total. The minimum Gasteiger partial charge on any atom is -0.287 e. The number of aromatic nitrogens is 1. The molecule has 1 aliphatic rings. The molecule has 2 aromatic rings. The van der Waals surface area contributed by atoms with E-state index in [2.05, 4.69) is 0 Å². The Kier molecular flexibility index (Phi) is 4.00. The van der Waals surface area contributed by atoms with E-state index in [9.17, 15) is 17.6 Å². The maximum absolute atomic E-state index is 13.0. The summed E-state index contributed by atoms with van der Waals surface area (Å²) in [5, 5.41) is 0. The fourth-order valence-electron chi connectivity index (χ4n) is 2.51. The Hall–Kier alpha value is -1.38. The SMILES string of the molecule is O=c1cc(-c2ccc(F)cc2)sc(=S)n1C1CCS(=O)(=O)C1. The van der Waals surface area contributed by atoms with E-state index in [1.807, 2.05) is 0 Å². The van der Waals surface area contributed by atoms with Gasteiger partial charge in [0.05, 0.1) is 17.5 Å². The number of rotatable bonds is 2. The summed E-state index contributed by atoms with van der Waals surface area (Å²) in [5.41, 5.74) is 0.394. The van der Waals surface area contributed by atoms with Crippen LogP contribution in [0.1, 0.15) is 12.5 Å². The lowest BCUT2D eigenvalue weighted by atomic mass is 10.2. The molecule has 1 aromatic heterocycles. The minimum absolute atomic E-state index is 0.0425. The molecule has 3 rings (SSSR count). The average Bonchev–Trinajstić information content (AvgIpc) is 2.78. The number of benzene rings is 1. The Labute approximate surface area is 135 Å². The van der Waals surface area contributed by atoms with Crippen LogP contribution in [0, 0.1) is 9.77 Å². The number of hydrogen-bond donors (Lipinski definition) is 0. The Morgan fingerprint density at radius 1 is 1.27 bits per heavy atom. The first-order chi connectivity index (χ1) is 10.4. The first-order valence-electron chi connectivity index (χ1n) is 6.59. The zero-order valence-corrected chi connectivity index (χ0v) is 13.8. The molecule has 1 fully saturated rings. The van der Waals surface area contributed by atoms with Crippen molar-refractivity contribution in [3.63, 3.8) is 0 Å².